The Morgan fingerprint density at radius 1 is 1.33 bits per heavy atom. The Bertz CT molecular complexity index is 997. The SMILES string of the molecule is Cc1cc(-c2cc(C(=O)N3CCNC[C@@H]3C)c3c(C)noc3n2)c(C)s1.Cl. The molecule has 0 aliphatic carbocycles. The second-order valence-electron chi connectivity index (χ2n) is 6.88. The lowest BCUT2D eigenvalue weighted by Gasteiger charge is -2.34. The molecule has 1 aliphatic heterocycles. The summed E-state index contributed by atoms with van der Waals surface area (Å²) in [6, 6.07) is 4.16. The van der Waals surface area contributed by atoms with E-state index in [1.54, 1.807) is 11.3 Å². The molecule has 0 saturated carbocycles. The third-order valence-electron chi connectivity index (χ3n) is 4.93. The molecule has 3 aromatic rings. The fourth-order valence-electron chi connectivity index (χ4n) is 3.58. The third-order valence-corrected chi connectivity index (χ3v) is 5.89. The Labute approximate surface area is 168 Å². The van der Waals surface area contributed by atoms with Gasteiger partial charge in [0.15, 0.2) is 0 Å². The summed E-state index contributed by atoms with van der Waals surface area (Å²) in [4.78, 5) is 22.3. The predicted molar refractivity (Wildman–Crippen MR) is 110 cm³/mol. The number of halogens is 1. The number of nitrogens with zero attached hydrogens (tertiary/aromatic N) is 3. The van der Waals surface area contributed by atoms with E-state index in [1.165, 1.54) is 9.75 Å². The number of carbonyl (C=O) groups is 1. The molecule has 0 bridgehead atoms. The zero-order valence-corrected chi connectivity index (χ0v) is 17.5. The molecule has 1 fully saturated rings. The van der Waals surface area contributed by atoms with Crippen LogP contribution in [-0.2, 0) is 0 Å². The number of aryl methyl sites for hydroxylation is 3. The minimum Gasteiger partial charge on any atom is -0.335 e. The van der Waals surface area contributed by atoms with E-state index < -0.39 is 0 Å². The normalized spacial score (nSPS) is 17.2. The average Bonchev–Trinajstić information content (AvgIpc) is 3.16. The van der Waals surface area contributed by atoms with Crippen molar-refractivity contribution in [2.75, 3.05) is 19.6 Å². The Morgan fingerprint density at radius 2 is 2.11 bits per heavy atom. The molecule has 0 radical (unpaired) electrons. The number of aromatic nitrogens is 2. The summed E-state index contributed by atoms with van der Waals surface area (Å²) < 4.78 is 5.42. The Morgan fingerprint density at radius 3 is 2.78 bits per heavy atom. The second kappa shape index (κ2) is 7.58. The lowest BCUT2D eigenvalue weighted by atomic mass is 10.0. The molecule has 8 heteroatoms. The second-order valence-corrected chi connectivity index (χ2v) is 8.34. The number of amides is 1. The summed E-state index contributed by atoms with van der Waals surface area (Å²) in [5.74, 6) is 0.0172. The van der Waals surface area contributed by atoms with E-state index in [9.17, 15) is 4.79 Å². The van der Waals surface area contributed by atoms with Gasteiger partial charge in [0.2, 0.25) is 0 Å². The smallest absolute Gasteiger partial charge is 0.259 e. The van der Waals surface area contributed by atoms with Crippen LogP contribution < -0.4 is 5.32 Å². The van der Waals surface area contributed by atoms with Crippen LogP contribution in [0, 0.1) is 20.8 Å². The molecule has 4 heterocycles. The Balaban J connectivity index is 0.00000210. The first kappa shape index (κ1) is 19.8. The number of fused-ring (bicyclic) bond motifs is 1. The van der Waals surface area contributed by atoms with Crippen LogP contribution in [0.2, 0.25) is 0 Å². The van der Waals surface area contributed by atoms with Crippen LogP contribution in [0.4, 0.5) is 0 Å². The quantitative estimate of drug-likeness (QED) is 0.702. The number of carbonyl (C=O) groups excluding carboxylic acids is 1. The predicted octanol–water partition coefficient (Wildman–Crippen LogP) is 3.73. The molecule has 1 amide bonds. The van der Waals surface area contributed by atoms with Crippen molar-refractivity contribution < 1.29 is 9.32 Å². The molecule has 1 N–H and O–H groups in total. The van der Waals surface area contributed by atoms with Crippen molar-refractivity contribution in [3.63, 3.8) is 0 Å². The molecule has 144 valence electrons. The maximum absolute atomic E-state index is 13.4. The minimum absolute atomic E-state index is 0. The van der Waals surface area contributed by atoms with E-state index in [2.05, 4.69) is 42.3 Å². The third kappa shape index (κ3) is 3.47. The van der Waals surface area contributed by atoms with Gasteiger partial charge >= 0.3 is 0 Å². The molecular weight excluding hydrogens is 384 g/mol. The van der Waals surface area contributed by atoms with Crippen LogP contribution in [0.15, 0.2) is 16.7 Å². The standard InChI is InChI=1S/C19H22N4O2S.ClH/c1-10-9-20-5-6-23(10)19(24)15-8-16(14-7-11(2)26-13(14)4)21-18-17(15)12(3)22-25-18;/h7-8,10,20H,5-6,9H2,1-4H3;1H/t10-;/m0./s1. The van der Waals surface area contributed by atoms with E-state index in [-0.39, 0.29) is 24.4 Å². The Kier molecular flexibility index (Phi) is 5.55. The zero-order chi connectivity index (χ0) is 18.4. The van der Waals surface area contributed by atoms with Gasteiger partial charge in [-0.3, -0.25) is 4.79 Å². The number of hydrogen-bond acceptors (Lipinski definition) is 6. The van der Waals surface area contributed by atoms with Crippen molar-refractivity contribution in [2.45, 2.75) is 33.7 Å². The lowest BCUT2D eigenvalue weighted by molar-refractivity contribution is 0.0657. The van der Waals surface area contributed by atoms with Crippen LogP contribution >= 0.6 is 23.7 Å². The zero-order valence-electron chi connectivity index (χ0n) is 15.8. The molecular formula is C19H23ClN4O2S. The van der Waals surface area contributed by atoms with Gasteiger partial charge in [-0.15, -0.1) is 23.7 Å². The minimum atomic E-state index is 0. The van der Waals surface area contributed by atoms with E-state index >= 15 is 0 Å². The van der Waals surface area contributed by atoms with E-state index in [0.29, 0.717) is 28.9 Å². The fourth-order valence-corrected chi connectivity index (χ4v) is 4.52. The van der Waals surface area contributed by atoms with Gasteiger partial charge in [0.25, 0.3) is 11.6 Å². The van der Waals surface area contributed by atoms with Gasteiger partial charge in [0.05, 0.1) is 22.3 Å². The van der Waals surface area contributed by atoms with Gasteiger partial charge in [-0.1, -0.05) is 5.16 Å². The van der Waals surface area contributed by atoms with Crippen molar-refractivity contribution in [2.24, 2.45) is 0 Å². The van der Waals surface area contributed by atoms with E-state index in [1.807, 2.05) is 17.9 Å². The van der Waals surface area contributed by atoms with Crippen molar-refractivity contribution in [1.29, 1.82) is 0 Å². The molecule has 1 saturated heterocycles. The maximum Gasteiger partial charge on any atom is 0.259 e. The van der Waals surface area contributed by atoms with Gasteiger partial charge in [-0.25, -0.2) is 4.98 Å². The first-order chi connectivity index (χ1) is 12.5. The Hall–Kier alpha value is -1.96. The molecule has 1 atom stereocenters. The highest BCUT2D eigenvalue weighted by Gasteiger charge is 2.28. The van der Waals surface area contributed by atoms with Gasteiger partial charge < -0.3 is 14.7 Å². The van der Waals surface area contributed by atoms with Crippen LogP contribution in [0.3, 0.4) is 0 Å². The molecule has 0 aromatic carbocycles. The number of nitrogens with one attached hydrogen (secondary N) is 1. The number of pyridine rings is 1. The van der Waals surface area contributed by atoms with Gasteiger partial charge in [-0.05, 0) is 39.8 Å². The van der Waals surface area contributed by atoms with Crippen LogP contribution in [-0.4, -0.2) is 46.6 Å². The molecule has 6 nitrogen and oxygen atoms in total. The molecule has 0 unspecified atom stereocenters. The topological polar surface area (TPSA) is 71.3 Å². The summed E-state index contributed by atoms with van der Waals surface area (Å²) >= 11 is 1.73. The summed E-state index contributed by atoms with van der Waals surface area (Å²) in [7, 11) is 0. The first-order valence-corrected chi connectivity index (χ1v) is 9.63. The molecule has 3 aromatic heterocycles. The van der Waals surface area contributed by atoms with Crippen LogP contribution in [0.5, 0.6) is 0 Å². The number of thiophene rings is 1. The van der Waals surface area contributed by atoms with Crippen molar-refractivity contribution in [3.05, 3.63) is 33.1 Å². The maximum atomic E-state index is 13.4. The number of piperazine rings is 1. The average molecular weight is 407 g/mol. The van der Waals surface area contributed by atoms with Gasteiger partial charge in [0, 0.05) is 41.0 Å². The van der Waals surface area contributed by atoms with E-state index in [4.69, 9.17) is 4.52 Å². The highest BCUT2D eigenvalue weighted by Crippen LogP contribution is 2.33. The summed E-state index contributed by atoms with van der Waals surface area (Å²) in [5, 5.41) is 8.09. The lowest BCUT2D eigenvalue weighted by Crippen LogP contribution is -2.52. The van der Waals surface area contributed by atoms with Gasteiger partial charge in [-0.2, -0.15) is 0 Å². The molecule has 27 heavy (non-hydrogen) atoms. The molecule has 1 aliphatic rings. The van der Waals surface area contributed by atoms with Crippen LogP contribution in [0.1, 0.15) is 32.7 Å². The van der Waals surface area contributed by atoms with Crippen molar-refractivity contribution in [3.8, 4) is 11.3 Å². The highest BCUT2D eigenvalue weighted by molar-refractivity contribution is 7.12. The fraction of sp³-hybridized carbons (Fsp3) is 0.421. The van der Waals surface area contributed by atoms with Crippen molar-refractivity contribution in [1.82, 2.24) is 20.4 Å². The number of rotatable bonds is 2. The highest BCUT2D eigenvalue weighted by atomic mass is 35.5. The van der Waals surface area contributed by atoms with Crippen molar-refractivity contribution >= 4 is 40.8 Å². The summed E-state index contributed by atoms with van der Waals surface area (Å²) in [6.07, 6.45) is 0. The molecule has 4 rings (SSSR count). The summed E-state index contributed by atoms with van der Waals surface area (Å²) in [6.45, 7) is 10.4. The largest absolute Gasteiger partial charge is 0.335 e. The van der Waals surface area contributed by atoms with Gasteiger partial charge in [0.1, 0.15) is 0 Å². The number of hydrogen-bond donors (Lipinski definition) is 1. The van der Waals surface area contributed by atoms with E-state index in [0.717, 1.165) is 24.3 Å². The molecule has 0 spiro atoms. The van der Waals surface area contributed by atoms with Crippen LogP contribution in [0.25, 0.3) is 22.4 Å². The monoisotopic (exact) mass is 406 g/mol. The summed E-state index contributed by atoms with van der Waals surface area (Å²) in [5.41, 5.74) is 3.56. The first-order valence-electron chi connectivity index (χ1n) is 8.82.